The van der Waals surface area contributed by atoms with Crippen LogP contribution in [-0.4, -0.2) is 30.3 Å². The summed E-state index contributed by atoms with van der Waals surface area (Å²) in [6, 6.07) is 0. The largest absolute Gasteiger partial charge is 0.468 e. The Balaban J connectivity index is 0. The quantitative estimate of drug-likeness (QED) is 0.365. The molecule has 0 N–H and O–H groups in total. The Hall–Kier alpha value is -1.05. The van der Waals surface area contributed by atoms with Crippen molar-refractivity contribution in [3.8, 4) is 0 Å². The van der Waals surface area contributed by atoms with Gasteiger partial charge < -0.3 is 4.74 Å². The Morgan fingerprint density at radius 2 is 1.95 bits per heavy atom. The second-order valence-corrected chi connectivity index (χ2v) is 5.13. The molecule has 118 valence electrons. The first-order valence-corrected chi connectivity index (χ1v) is 6.99. The fourth-order valence-electron chi connectivity index (χ4n) is 1.34. The maximum absolute atomic E-state index is 12.0. The van der Waals surface area contributed by atoms with E-state index in [0.717, 1.165) is 31.0 Å². The van der Waals surface area contributed by atoms with E-state index in [-0.39, 0.29) is 5.75 Å². The van der Waals surface area contributed by atoms with Crippen molar-refractivity contribution in [1.29, 1.82) is 0 Å². The van der Waals surface area contributed by atoms with Crippen molar-refractivity contribution >= 4 is 17.7 Å². The molecule has 1 unspecified atom stereocenters. The van der Waals surface area contributed by atoms with E-state index in [1.165, 1.54) is 7.11 Å². The van der Waals surface area contributed by atoms with Crippen molar-refractivity contribution < 1.29 is 22.7 Å². The Morgan fingerprint density at radius 3 is 2.40 bits per heavy atom. The molecule has 1 atom stereocenters. The zero-order chi connectivity index (χ0) is 16.0. The van der Waals surface area contributed by atoms with Gasteiger partial charge in [-0.1, -0.05) is 12.5 Å². The molecular weight excluding hydrogens is 297 g/mol. The van der Waals surface area contributed by atoms with Crippen molar-refractivity contribution in [2.24, 2.45) is 0 Å². The molecule has 0 aromatic rings. The summed E-state index contributed by atoms with van der Waals surface area (Å²) in [7, 11) is 1.25. The molecule has 0 saturated carbocycles. The second-order valence-electron chi connectivity index (χ2n) is 3.82. The fraction of sp³-hybridized carbons (Fsp3) is 0.750. The highest BCUT2D eigenvalue weighted by Crippen LogP contribution is 2.26. The smallest absolute Gasteiger partial charge is 0.389 e. The minimum Gasteiger partial charge on any atom is -0.468 e. The van der Waals surface area contributed by atoms with Gasteiger partial charge in [-0.2, -0.15) is 13.2 Å². The lowest BCUT2D eigenvalue weighted by atomic mass is 10.1. The van der Waals surface area contributed by atoms with Gasteiger partial charge in [-0.05, 0) is 19.3 Å². The van der Waals surface area contributed by atoms with Crippen LogP contribution in [0.3, 0.4) is 0 Å². The summed E-state index contributed by atoms with van der Waals surface area (Å²) in [5, 5.41) is -0.498. The predicted molar refractivity (Wildman–Crippen MR) is 74.3 cm³/mol. The van der Waals surface area contributed by atoms with Gasteiger partial charge >= 0.3 is 12.1 Å². The highest BCUT2D eigenvalue weighted by atomic mass is 32.2. The molecular formula is C12H19F3O4S. The maximum atomic E-state index is 12.0. The zero-order valence-corrected chi connectivity index (χ0v) is 12.1. The third kappa shape index (κ3) is 13.4. The molecule has 0 heterocycles. The molecule has 0 aliphatic carbocycles. The average molecular weight is 316 g/mol. The molecule has 20 heavy (non-hydrogen) atoms. The summed E-state index contributed by atoms with van der Waals surface area (Å²) in [4.78, 5) is 25.4. The molecule has 0 aliphatic heterocycles. The van der Waals surface area contributed by atoms with Crippen molar-refractivity contribution in [2.75, 3.05) is 12.9 Å². The summed E-state index contributed by atoms with van der Waals surface area (Å²) >= 11 is 1.02. The Labute approximate surface area is 120 Å². The Bertz CT molecular complexity index is 272. The van der Waals surface area contributed by atoms with Gasteiger partial charge in [-0.25, -0.2) is 0 Å². The van der Waals surface area contributed by atoms with Gasteiger partial charge in [0.2, 0.25) is 0 Å². The van der Waals surface area contributed by atoms with Gasteiger partial charge in [0.15, 0.2) is 0 Å². The van der Waals surface area contributed by atoms with E-state index in [1.807, 2.05) is 0 Å². The number of rotatable bonds is 9. The summed E-state index contributed by atoms with van der Waals surface area (Å²) in [6.45, 7) is 3.58. The fourth-order valence-corrected chi connectivity index (χ4v) is 2.54. The highest BCUT2D eigenvalue weighted by molar-refractivity contribution is 8.00. The van der Waals surface area contributed by atoms with Crippen LogP contribution in [0.15, 0.2) is 12.7 Å². The van der Waals surface area contributed by atoms with Crippen LogP contribution in [0.4, 0.5) is 13.2 Å². The monoisotopic (exact) mass is 316 g/mol. The number of halogens is 3. The molecule has 8 heteroatoms. The van der Waals surface area contributed by atoms with E-state index < -0.39 is 23.8 Å². The maximum Gasteiger partial charge on any atom is 0.389 e. The number of methoxy groups -OCH3 is 1. The molecule has 0 radical (unpaired) electrons. The van der Waals surface area contributed by atoms with Crippen LogP contribution >= 0.6 is 11.8 Å². The third-order valence-corrected chi connectivity index (χ3v) is 3.56. The van der Waals surface area contributed by atoms with E-state index in [4.69, 9.17) is 9.93 Å². The van der Waals surface area contributed by atoms with Crippen LogP contribution in [-0.2, 0) is 9.53 Å². The van der Waals surface area contributed by atoms with E-state index in [1.54, 1.807) is 6.08 Å². The summed E-state index contributed by atoms with van der Waals surface area (Å²) in [6.07, 6.45) is -0.204. The number of carbonyl (C=O) groups excluding carboxylic acids is 1. The number of hydrogen-bond donors (Lipinski definition) is 0. The van der Waals surface area contributed by atoms with Gasteiger partial charge in [-0.3, -0.25) is 4.79 Å². The highest BCUT2D eigenvalue weighted by Gasteiger charge is 2.28. The summed E-state index contributed by atoms with van der Waals surface area (Å²) < 4.78 is 40.6. The average Bonchev–Trinajstić information content (AvgIpc) is 2.41. The molecule has 4 nitrogen and oxygen atoms in total. The minimum absolute atomic E-state index is 0.106. The number of esters is 1. The van der Waals surface area contributed by atoms with Crippen molar-refractivity contribution in [2.45, 2.75) is 43.5 Å². The number of alkyl halides is 3. The van der Waals surface area contributed by atoms with Crippen LogP contribution in [0.25, 0.3) is 0 Å². The van der Waals surface area contributed by atoms with Crippen LogP contribution in [0.5, 0.6) is 0 Å². The molecule has 0 aliphatic rings. The number of thioether (sulfide) groups is 1. The normalized spacial score (nSPS) is 12.0. The molecule has 0 bridgehead atoms. The van der Waals surface area contributed by atoms with Crippen LogP contribution in [0.2, 0.25) is 0 Å². The van der Waals surface area contributed by atoms with Crippen molar-refractivity contribution in [3.05, 3.63) is 22.6 Å². The Kier molecular flexibility index (Phi) is 13.8. The molecule has 0 saturated heterocycles. The van der Waals surface area contributed by atoms with E-state index in [9.17, 15) is 18.0 Å². The molecule has 0 rings (SSSR count). The lowest BCUT2D eigenvalue weighted by Crippen LogP contribution is -2.20. The predicted octanol–water partition coefficient (Wildman–Crippen LogP) is 4.03. The molecule has 0 fully saturated rings. The third-order valence-electron chi connectivity index (χ3n) is 2.29. The lowest BCUT2D eigenvalue weighted by molar-refractivity contribution is -0.140. The van der Waals surface area contributed by atoms with E-state index in [0.29, 0.717) is 6.42 Å². The SMILES string of the molecule is C=CCCCCC(SCCC(F)(F)F)C(=O)OC.O=O. The van der Waals surface area contributed by atoms with Crippen molar-refractivity contribution in [3.63, 3.8) is 0 Å². The number of carbonyl (C=O) groups is 1. The van der Waals surface area contributed by atoms with E-state index in [2.05, 4.69) is 11.3 Å². The first-order chi connectivity index (χ1) is 9.40. The van der Waals surface area contributed by atoms with Crippen LogP contribution in [0.1, 0.15) is 32.1 Å². The van der Waals surface area contributed by atoms with Gasteiger partial charge in [-0.15, -0.1) is 18.3 Å². The minimum atomic E-state index is -4.17. The number of ether oxygens (including phenoxy) is 1. The molecule has 0 amide bonds. The Morgan fingerprint density at radius 1 is 1.35 bits per heavy atom. The summed E-state index contributed by atoms with van der Waals surface area (Å²) in [5.74, 6) is -0.550. The standard InChI is InChI=1S/C12H19F3O2S.O2/c1-3-4-5-6-7-10(11(16)17-2)18-9-8-12(13,14)15;1-2/h3,10H,1,4-9H2,2H3;. The van der Waals surface area contributed by atoms with Gasteiger partial charge in [0.25, 0.3) is 0 Å². The van der Waals surface area contributed by atoms with E-state index >= 15 is 0 Å². The van der Waals surface area contributed by atoms with Gasteiger partial charge in [0.05, 0.1) is 13.5 Å². The van der Waals surface area contributed by atoms with Crippen molar-refractivity contribution in [1.82, 2.24) is 0 Å². The zero-order valence-electron chi connectivity index (χ0n) is 11.3. The molecule has 0 aromatic heterocycles. The first kappa shape index (κ1) is 21.3. The summed E-state index contributed by atoms with van der Waals surface area (Å²) in [5.41, 5.74) is 0. The van der Waals surface area contributed by atoms with Crippen LogP contribution < -0.4 is 0 Å². The van der Waals surface area contributed by atoms with Crippen LogP contribution in [0, 0.1) is 9.93 Å². The molecule has 0 spiro atoms. The van der Waals surface area contributed by atoms with Gasteiger partial charge in [0, 0.05) is 15.7 Å². The second kappa shape index (κ2) is 13.0. The lowest BCUT2D eigenvalue weighted by Gasteiger charge is -2.14. The number of unbranched alkanes of at least 4 members (excludes halogenated alkanes) is 2. The van der Waals surface area contributed by atoms with Gasteiger partial charge in [0.1, 0.15) is 5.25 Å². The number of allylic oxidation sites excluding steroid dienone is 1. The molecule has 0 aromatic carbocycles. The first-order valence-electron chi connectivity index (χ1n) is 5.94. The topological polar surface area (TPSA) is 60.4 Å². The number of hydrogen-bond acceptors (Lipinski definition) is 5.